The maximum absolute atomic E-state index is 6.19. The van der Waals surface area contributed by atoms with Gasteiger partial charge < -0.3 is 10.5 Å². The molecule has 16 heavy (non-hydrogen) atoms. The third-order valence-corrected chi connectivity index (χ3v) is 4.47. The monoisotopic (exact) mass is 225 g/mol. The normalized spacial score (nSPS) is 34.5. The molecule has 94 valence electrons. The molecule has 2 aliphatic carbocycles. The summed E-state index contributed by atoms with van der Waals surface area (Å²) in [6.45, 7) is 3.89. The molecule has 0 heterocycles. The van der Waals surface area contributed by atoms with Crippen LogP contribution in [-0.2, 0) is 4.74 Å². The average molecular weight is 225 g/mol. The number of nitrogens with two attached hydrogens (primary N) is 1. The molecule has 0 aromatic carbocycles. The molecule has 0 amide bonds. The largest absolute Gasteiger partial charge is 0.381 e. The zero-order chi connectivity index (χ0) is 11.4. The molecule has 2 aliphatic rings. The smallest absolute Gasteiger partial charge is 0.0480 e. The van der Waals surface area contributed by atoms with Gasteiger partial charge in [0, 0.05) is 19.3 Å². The molecular formula is C14H27NO. The lowest BCUT2D eigenvalue weighted by molar-refractivity contribution is 0.124. The highest BCUT2D eigenvalue weighted by Crippen LogP contribution is 2.49. The van der Waals surface area contributed by atoms with Crippen molar-refractivity contribution in [3.05, 3.63) is 0 Å². The van der Waals surface area contributed by atoms with Gasteiger partial charge in [0.1, 0.15) is 0 Å². The molecule has 2 heteroatoms. The van der Waals surface area contributed by atoms with Crippen LogP contribution in [0.15, 0.2) is 0 Å². The van der Waals surface area contributed by atoms with E-state index in [2.05, 4.69) is 6.92 Å². The summed E-state index contributed by atoms with van der Waals surface area (Å²) in [4.78, 5) is 0. The van der Waals surface area contributed by atoms with E-state index in [4.69, 9.17) is 10.5 Å². The van der Waals surface area contributed by atoms with Crippen molar-refractivity contribution in [2.75, 3.05) is 13.2 Å². The van der Waals surface area contributed by atoms with E-state index in [0.717, 1.165) is 43.8 Å². The molecule has 0 aromatic rings. The first-order chi connectivity index (χ1) is 7.79. The van der Waals surface area contributed by atoms with Crippen LogP contribution in [0.3, 0.4) is 0 Å². The first kappa shape index (κ1) is 12.4. The van der Waals surface area contributed by atoms with Crippen molar-refractivity contribution in [2.24, 2.45) is 23.5 Å². The first-order valence-corrected chi connectivity index (χ1v) is 7.13. The van der Waals surface area contributed by atoms with Crippen molar-refractivity contribution in [1.82, 2.24) is 0 Å². The molecule has 0 saturated heterocycles. The quantitative estimate of drug-likeness (QED) is 0.676. The van der Waals surface area contributed by atoms with Gasteiger partial charge in [0.25, 0.3) is 0 Å². The second-order valence-corrected chi connectivity index (χ2v) is 5.83. The summed E-state index contributed by atoms with van der Waals surface area (Å²) in [5.74, 6) is 3.02. The summed E-state index contributed by atoms with van der Waals surface area (Å²) < 4.78 is 5.50. The molecule has 2 saturated carbocycles. The average Bonchev–Trinajstić information content (AvgIpc) is 2.86. The molecule has 2 rings (SSSR count). The third-order valence-electron chi connectivity index (χ3n) is 4.47. The SMILES string of the molecule is CCCOCCC(N)CC1CC2CCC1C2. The molecule has 0 aliphatic heterocycles. The summed E-state index contributed by atoms with van der Waals surface area (Å²) in [5.41, 5.74) is 6.19. The highest BCUT2D eigenvalue weighted by Gasteiger charge is 2.39. The summed E-state index contributed by atoms with van der Waals surface area (Å²) >= 11 is 0. The summed E-state index contributed by atoms with van der Waals surface area (Å²) in [6, 6.07) is 0.376. The Morgan fingerprint density at radius 1 is 1.25 bits per heavy atom. The third kappa shape index (κ3) is 3.21. The van der Waals surface area contributed by atoms with Crippen LogP contribution in [0.25, 0.3) is 0 Å². The predicted octanol–water partition coefficient (Wildman–Crippen LogP) is 2.96. The van der Waals surface area contributed by atoms with E-state index in [1.807, 2.05) is 0 Å². The van der Waals surface area contributed by atoms with E-state index in [1.165, 1.54) is 32.1 Å². The fourth-order valence-corrected chi connectivity index (χ4v) is 3.65. The first-order valence-electron chi connectivity index (χ1n) is 7.13. The molecule has 0 aromatic heterocycles. The topological polar surface area (TPSA) is 35.2 Å². The fourth-order valence-electron chi connectivity index (χ4n) is 3.65. The lowest BCUT2D eigenvalue weighted by Gasteiger charge is -2.24. The second kappa shape index (κ2) is 6.02. The summed E-state index contributed by atoms with van der Waals surface area (Å²) in [5, 5.41) is 0. The lowest BCUT2D eigenvalue weighted by Crippen LogP contribution is -2.27. The second-order valence-electron chi connectivity index (χ2n) is 5.83. The van der Waals surface area contributed by atoms with Crippen molar-refractivity contribution >= 4 is 0 Å². The van der Waals surface area contributed by atoms with Crippen molar-refractivity contribution in [2.45, 2.75) is 57.9 Å². The molecule has 2 fully saturated rings. The zero-order valence-corrected chi connectivity index (χ0v) is 10.7. The Morgan fingerprint density at radius 2 is 2.12 bits per heavy atom. The van der Waals surface area contributed by atoms with Gasteiger partial charge in [-0.3, -0.25) is 0 Å². The number of rotatable bonds is 7. The van der Waals surface area contributed by atoms with Gasteiger partial charge in [0.2, 0.25) is 0 Å². The lowest BCUT2D eigenvalue weighted by atomic mass is 9.84. The Labute approximate surface area is 99.9 Å². The van der Waals surface area contributed by atoms with Crippen LogP contribution >= 0.6 is 0 Å². The fraction of sp³-hybridized carbons (Fsp3) is 1.00. The van der Waals surface area contributed by atoms with Gasteiger partial charge in [-0.05, 0) is 56.3 Å². The number of hydrogen-bond donors (Lipinski definition) is 1. The molecule has 4 unspecified atom stereocenters. The Hall–Kier alpha value is -0.0800. The van der Waals surface area contributed by atoms with Crippen LogP contribution in [-0.4, -0.2) is 19.3 Å². The Balaban J connectivity index is 1.58. The predicted molar refractivity (Wildman–Crippen MR) is 67.3 cm³/mol. The van der Waals surface area contributed by atoms with Gasteiger partial charge in [-0.1, -0.05) is 13.3 Å². The van der Waals surface area contributed by atoms with Crippen molar-refractivity contribution in [1.29, 1.82) is 0 Å². The summed E-state index contributed by atoms with van der Waals surface area (Å²) in [7, 11) is 0. The minimum Gasteiger partial charge on any atom is -0.381 e. The van der Waals surface area contributed by atoms with E-state index in [0.29, 0.717) is 6.04 Å². The number of hydrogen-bond acceptors (Lipinski definition) is 2. The Bertz CT molecular complexity index is 207. The van der Waals surface area contributed by atoms with Crippen LogP contribution in [0.2, 0.25) is 0 Å². The highest BCUT2D eigenvalue weighted by atomic mass is 16.5. The molecule has 2 nitrogen and oxygen atoms in total. The van der Waals surface area contributed by atoms with Crippen LogP contribution < -0.4 is 5.73 Å². The van der Waals surface area contributed by atoms with E-state index >= 15 is 0 Å². The van der Waals surface area contributed by atoms with Crippen molar-refractivity contribution in [3.8, 4) is 0 Å². The molecule has 2 bridgehead atoms. The minimum atomic E-state index is 0.376. The maximum atomic E-state index is 6.19. The van der Waals surface area contributed by atoms with Crippen LogP contribution in [0.4, 0.5) is 0 Å². The molecule has 2 N–H and O–H groups in total. The van der Waals surface area contributed by atoms with Crippen LogP contribution in [0.1, 0.15) is 51.9 Å². The minimum absolute atomic E-state index is 0.376. The summed E-state index contributed by atoms with van der Waals surface area (Å²) in [6.07, 6.45) is 9.36. The van der Waals surface area contributed by atoms with Crippen molar-refractivity contribution < 1.29 is 4.74 Å². The zero-order valence-electron chi connectivity index (χ0n) is 10.7. The molecule has 0 spiro atoms. The Kier molecular flexibility index (Phi) is 4.66. The highest BCUT2D eigenvalue weighted by molar-refractivity contribution is 4.91. The Morgan fingerprint density at radius 3 is 2.75 bits per heavy atom. The van der Waals surface area contributed by atoms with Gasteiger partial charge >= 0.3 is 0 Å². The van der Waals surface area contributed by atoms with Gasteiger partial charge in [-0.15, -0.1) is 0 Å². The molecular weight excluding hydrogens is 198 g/mol. The number of ether oxygens (including phenoxy) is 1. The van der Waals surface area contributed by atoms with Crippen LogP contribution in [0, 0.1) is 17.8 Å². The van der Waals surface area contributed by atoms with Gasteiger partial charge in [0.05, 0.1) is 0 Å². The van der Waals surface area contributed by atoms with Gasteiger partial charge in [-0.25, -0.2) is 0 Å². The maximum Gasteiger partial charge on any atom is 0.0480 e. The van der Waals surface area contributed by atoms with E-state index in [-0.39, 0.29) is 0 Å². The van der Waals surface area contributed by atoms with E-state index in [9.17, 15) is 0 Å². The molecule has 4 atom stereocenters. The van der Waals surface area contributed by atoms with Gasteiger partial charge in [-0.2, -0.15) is 0 Å². The van der Waals surface area contributed by atoms with Crippen LogP contribution in [0.5, 0.6) is 0 Å². The van der Waals surface area contributed by atoms with E-state index < -0.39 is 0 Å². The van der Waals surface area contributed by atoms with Gasteiger partial charge in [0.15, 0.2) is 0 Å². The number of fused-ring (bicyclic) bond motifs is 2. The standard InChI is InChI=1S/C14H27NO/c1-2-6-16-7-5-14(15)10-13-9-11-3-4-12(13)8-11/h11-14H,2-10,15H2,1H3. The van der Waals surface area contributed by atoms with Crippen molar-refractivity contribution in [3.63, 3.8) is 0 Å². The molecule has 0 radical (unpaired) electrons. The van der Waals surface area contributed by atoms with E-state index in [1.54, 1.807) is 0 Å².